The molecule has 148 valence electrons. The van der Waals surface area contributed by atoms with Crippen molar-refractivity contribution in [2.75, 3.05) is 12.4 Å². The van der Waals surface area contributed by atoms with E-state index in [1.807, 2.05) is 26.8 Å². The first-order valence-corrected chi connectivity index (χ1v) is 9.78. The monoisotopic (exact) mass is 400 g/mol. The van der Waals surface area contributed by atoms with Gasteiger partial charge in [0.15, 0.2) is 16.7 Å². The number of thioether (sulfide) groups is 1. The number of aryl methyl sites for hydroxylation is 2. The van der Waals surface area contributed by atoms with Gasteiger partial charge in [0, 0.05) is 17.0 Å². The predicted octanol–water partition coefficient (Wildman–Crippen LogP) is 3.17. The van der Waals surface area contributed by atoms with Gasteiger partial charge in [0.1, 0.15) is 0 Å². The summed E-state index contributed by atoms with van der Waals surface area (Å²) in [5.74, 6) is 0.353. The van der Waals surface area contributed by atoms with E-state index < -0.39 is 0 Å². The lowest BCUT2D eigenvalue weighted by atomic mass is 10.1. The second-order valence-electron chi connectivity index (χ2n) is 5.97. The van der Waals surface area contributed by atoms with Gasteiger partial charge in [-0.15, -0.1) is 6.58 Å². The molecule has 1 aromatic carbocycles. The highest BCUT2D eigenvalue weighted by atomic mass is 32.2. The van der Waals surface area contributed by atoms with Crippen molar-refractivity contribution in [3.8, 4) is 11.5 Å². The van der Waals surface area contributed by atoms with Crippen molar-refractivity contribution >= 4 is 23.9 Å². The van der Waals surface area contributed by atoms with E-state index in [1.165, 1.54) is 18.0 Å². The molecular weight excluding hydrogens is 376 g/mol. The molecule has 7 nitrogen and oxygen atoms in total. The number of benzene rings is 1. The lowest BCUT2D eigenvalue weighted by Crippen LogP contribution is -2.19. The van der Waals surface area contributed by atoms with Crippen molar-refractivity contribution in [1.29, 1.82) is 0 Å². The van der Waals surface area contributed by atoms with Gasteiger partial charge in [0.05, 0.1) is 18.6 Å². The molecule has 1 heterocycles. The molecule has 0 radical (unpaired) electrons. The quantitative estimate of drug-likeness (QED) is 0.221. The zero-order chi connectivity index (χ0) is 20.5. The molecule has 0 spiro atoms. The van der Waals surface area contributed by atoms with E-state index in [1.54, 1.807) is 18.2 Å². The molecule has 1 aromatic heterocycles. The van der Waals surface area contributed by atoms with Crippen LogP contribution in [0, 0.1) is 13.8 Å². The van der Waals surface area contributed by atoms with Crippen LogP contribution in [-0.4, -0.2) is 39.6 Å². The van der Waals surface area contributed by atoms with Gasteiger partial charge >= 0.3 is 0 Å². The third-order valence-electron chi connectivity index (χ3n) is 3.54. The number of aromatic nitrogens is 2. The van der Waals surface area contributed by atoms with Gasteiger partial charge in [-0.2, -0.15) is 5.10 Å². The maximum absolute atomic E-state index is 12.0. The van der Waals surface area contributed by atoms with Crippen LogP contribution in [-0.2, 0) is 11.2 Å². The summed E-state index contributed by atoms with van der Waals surface area (Å²) in [6, 6.07) is 5.32. The largest absolute Gasteiger partial charge is 0.504 e. The smallest absolute Gasteiger partial charge is 0.250 e. The SMILES string of the molecule is C=CCc1cc(/C=N\NC(=O)CSc2nc(C)cc(C)n2)cc(OCC)c1O. The Labute approximate surface area is 168 Å². The summed E-state index contributed by atoms with van der Waals surface area (Å²) < 4.78 is 5.45. The molecule has 0 fully saturated rings. The summed E-state index contributed by atoms with van der Waals surface area (Å²) in [5.41, 5.74) is 5.58. The average molecular weight is 401 g/mol. The molecule has 2 aromatic rings. The Bertz CT molecular complexity index is 864. The van der Waals surface area contributed by atoms with Crippen LogP contribution in [0.1, 0.15) is 29.4 Å². The Morgan fingerprint density at radius 1 is 1.32 bits per heavy atom. The minimum absolute atomic E-state index is 0.0905. The first-order chi connectivity index (χ1) is 13.4. The molecule has 0 saturated carbocycles. The van der Waals surface area contributed by atoms with Crippen molar-refractivity contribution in [2.24, 2.45) is 5.10 Å². The Balaban J connectivity index is 1.99. The molecule has 1 amide bonds. The third-order valence-corrected chi connectivity index (χ3v) is 4.38. The molecule has 0 aliphatic heterocycles. The maximum atomic E-state index is 12.0. The number of nitrogens with one attached hydrogen (secondary N) is 1. The normalized spacial score (nSPS) is 10.8. The Hall–Kier alpha value is -2.87. The highest BCUT2D eigenvalue weighted by Crippen LogP contribution is 2.31. The summed E-state index contributed by atoms with van der Waals surface area (Å²) >= 11 is 1.25. The van der Waals surface area contributed by atoms with E-state index in [0.29, 0.717) is 35.1 Å². The second-order valence-corrected chi connectivity index (χ2v) is 6.91. The Morgan fingerprint density at radius 3 is 2.68 bits per heavy atom. The molecule has 0 aliphatic carbocycles. The van der Waals surface area contributed by atoms with Gasteiger partial charge < -0.3 is 9.84 Å². The van der Waals surface area contributed by atoms with Gasteiger partial charge in [-0.3, -0.25) is 4.79 Å². The predicted molar refractivity (Wildman–Crippen MR) is 111 cm³/mol. The Kier molecular flexibility index (Phi) is 8.01. The van der Waals surface area contributed by atoms with Crippen LogP contribution < -0.4 is 10.2 Å². The molecule has 0 unspecified atom stereocenters. The second kappa shape index (κ2) is 10.5. The first-order valence-electron chi connectivity index (χ1n) is 8.79. The summed E-state index contributed by atoms with van der Waals surface area (Å²) in [4.78, 5) is 20.6. The number of rotatable bonds is 9. The fourth-order valence-electron chi connectivity index (χ4n) is 2.44. The molecule has 2 rings (SSSR count). The van der Waals surface area contributed by atoms with Gasteiger partial charge in [-0.05, 0) is 51.0 Å². The van der Waals surface area contributed by atoms with E-state index in [-0.39, 0.29) is 17.4 Å². The lowest BCUT2D eigenvalue weighted by Gasteiger charge is -2.10. The van der Waals surface area contributed by atoms with Gasteiger partial charge in [0.2, 0.25) is 0 Å². The third kappa shape index (κ3) is 6.38. The van der Waals surface area contributed by atoms with Crippen LogP contribution in [0.25, 0.3) is 0 Å². The van der Waals surface area contributed by atoms with Gasteiger partial charge in [0.25, 0.3) is 5.91 Å². The fraction of sp³-hybridized carbons (Fsp3) is 0.300. The maximum Gasteiger partial charge on any atom is 0.250 e. The van der Waals surface area contributed by atoms with E-state index in [9.17, 15) is 9.90 Å². The van der Waals surface area contributed by atoms with Crippen LogP contribution in [0.2, 0.25) is 0 Å². The number of hydrogen-bond donors (Lipinski definition) is 2. The van der Waals surface area contributed by atoms with E-state index in [4.69, 9.17) is 4.74 Å². The summed E-state index contributed by atoms with van der Waals surface area (Å²) in [7, 11) is 0. The van der Waals surface area contributed by atoms with E-state index >= 15 is 0 Å². The van der Waals surface area contributed by atoms with Crippen molar-refractivity contribution in [3.63, 3.8) is 0 Å². The highest BCUT2D eigenvalue weighted by molar-refractivity contribution is 7.99. The first kappa shape index (κ1) is 21.4. The highest BCUT2D eigenvalue weighted by Gasteiger charge is 2.10. The Morgan fingerprint density at radius 2 is 2.04 bits per heavy atom. The minimum Gasteiger partial charge on any atom is -0.504 e. The number of carbonyl (C=O) groups is 1. The summed E-state index contributed by atoms with van der Waals surface area (Å²) in [6.07, 6.45) is 3.69. The number of allylic oxidation sites excluding steroid dienone is 1. The lowest BCUT2D eigenvalue weighted by molar-refractivity contribution is -0.118. The number of hydrazone groups is 1. The average Bonchev–Trinajstić information content (AvgIpc) is 2.63. The number of nitrogens with zero attached hydrogens (tertiary/aromatic N) is 3. The number of phenols is 1. The van der Waals surface area contributed by atoms with Crippen molar-refractivity contribution in [3.05, 3.63) is 53.4 Å². The molecule has 0 aliphatic rings. The van der Waals surface area contributed by atoms with Crippen LogP contribution in [0.3, 0.4) is 0 Å². The van der Waals surface area contributed by atoms with E-state index in [0.717, 1.165) is 11.4 Å². The fourth-order valence-corrected chi connectivity index (χ4v) is 3.18. The summed E-state index contributed by atoms with van der Waals surface area (Å²) in [5, 5.41) is 14.7. The molecular formula is C20H24N4O3S. The van der Waals surface area contributed by atoms with Gasteiger partial charge in [-0.1, -0.05) is 17.8 Å². The van der Waals surface area contributed by atoms with Crippen molar-refractivity contribution in [1.82, 2.24) is 15.4 Å². The topological polar surface area (TPSA) is 96.7 Å². The molecule has 0 atom stereocenters. The molecule has 0 bridgehead atoms. The molecule has 2 N–H and O–H groups in total. The number of phenolic OH excluding ortho intramolecular Hbond substituents is 1. The van der Waals surface area contributed by atoms with Crippen LogP contribution in [0.15, 0.2) is 41.1 Å². The van der Waals surface area contributed by atoms with Crippen LogP contribution >= 0.6 is 11.8 Å². The molecule has 8 heteroatoms. The zero-order valence-corrected chi connectivity index (χ0v) is 17.0. The zero-order valence-electron chi connectivity index (χ0n) is 16.2. The van der Waals surface area contributed by atoms with Crippen LogP contribution in [0.4, 0.5) is 0 Å². The van der Waals surface area contributed by atoms with Gasteiger partial charge in [-0.25, -0.2) is 15.4 Å². The number of hydrogen-bond acceptors (Lipinski definition) is 7. The number of aromatic hydroxyl groups is 1. The standard InChI is InChI=1S/C20H24N4O3S/c1-5-7-16-9-15(10-17(19(16)26)27-6-2)11-21-24-18(25)12-28-20-22-13(3)8-14(4)23-20/h5,8-11,26H,1,6-7,12H2,2-4H3,(H,24,25)/b21-11-. The van der Waals surface area contributed by atoms with Crippen LogP contribution in [0.5, 0.6) is 11.5 Å². The number of amides is 1. The minimum atomic E-state index is -0.265. The van der Waals surface area contributed by atoms with Crippen molar-refractivity contribution in [2.45, 2.75) is 32.3 Å². The van der Waals surface area contributed by atoms with Crippen molar-refractivity contribution < 1.29 is 14.6 Å². The number of carbonyl (C=O) groups excluding carboxylic acids is 1. The number of ether oxygens (including phenoxy) is 1. The molecule has 28 heavy (non-hydrogen) atoms. The summed E-state index contributed by atoms with van der Waals surface area (Å²) in [6.45, 7) is 9.73. The molecule has 0 saturated heterocycles. The van der Waals surface area contributed by atoms with E-state index in [2.05, 4.69) is 27.1 Å².